The van der Waals surface area contributed by atoms with Crippen LogP contribution in [0.25, 0.3) is 0 Å². The first kappa shape index (κ1) is 14.7. The zero-order valence-corrected chi connectivity index (χ0v) is 13.2. The summed E-state index contributed by atoms with van der Waals surface area (Å²) in [5.74, 6) is 1.28. The predicted molar refractivity (Wildman–Crippen MR) is 84.2 cm³/mol. The number of para-hydroxylation sites is 1. The van der Waals surface area contributed by atoms with E-state index in [0.717, 1.165) is 17.5 Å². The topological polar surface area (TPSA) is 64.6 Å². The minimum absolute atomic E-state index is 0.196. The fourth-order valence-electron chi connectivity index (χ4n) is 2.52. The minimum Gasteiger partial charge on any atom is -0.496 e. The molecule has 5 nitrogen and oxygen atoms in total. The number of sulfonamides is 1. The van der Waals surface area contributed by atoms with Crippen LogP contribution < -0.4 is 14.2 Å². The molecule has 0 radical (unpaired) electrons. The van der Waals surface area contributed by atoms with E-state index in [-0.39, 0.29) is 4.90 Å². The summed E-state index contributed by atoms with van der Waals surface area (Å²) in [6, 6.07) is 10.2. The number of hydrogen-bond donors (Lipinski definition) is 1. The number of nitrogens with one attached hydrogen (secondary N) is 1. The van der Waals surface area contributed by atoms with Crippen molar-refractivity contribution in [1.29, 1.82) is 0 Å². The van der Waals surface area contributed by atoms with Crippen molar-refractivity contribution in [2.75, 3.05) is 18.4 Å². The maximum absolute atomic E-state index is 12.5. The summed E-state index contributed by atoms with van der Waals surface area (Å²) in [5.41, 5.74) is 2.26. The van der Waals surface area contributed by atoms with Gasteiger partial charge in [-0.2, -0.15) is 0 Å². The first-order valence-electron chi connectivity index (χ1n) is 6.93. The van der Waals surface area contributed by atoms with E-state index in [1.807, 2.05) is 12.1 Å². The highest BCUT2D eigenvalue weighted by Gasteiger charge is 2.21. The number of methoxy groups -OCH3 is 1. The van der Waals surface area contributed by atoms with Crippen molar-refractivity contribution in [2.24, 2.45) is 0 Å². The largest absolute Gasteiger partial charge is 0.496 e. The number of anilines is 1. The van der Waals surface area contributed by atoms with Gasteiger partial charge in [-0.1, -0.05) is 12.1 Å². The van der Waals surface area contributed by atoms with Crippen molar-refractivity contribution in [3.8, 4) is 11.5 Å². The van der Waals surface area contributed by atoms with Crippen LogP contribution in [0.1, 0.15) is 11.1 Å². The summed E-state index contributed by atoms with van der Waals surface area (Å²) in [6.07, 6.45) is 0.798. The van der Waals surface area contributed by atoms with E-state index in [4.69, 9.17) is 9.47 Å². The van der Waals surface area contributed by atoms with Crippen LogP contribution in [0.4, 0.5) is 5.69 Å². The monoisotopic (exact) mass is 319 g/mol. The van der Waals surface area contributed by atoms with Crippen molar-refractivity contribution >= 4 is 15.7 Å². The summed E-state index contributed by atoms with van der Waals surface area (Å²) < 4.78 is 38.4. The van der Waals surface area contributed by atoms with Crippen molar-refractivity contribution in [3.05, 3.63) is 47.5 Å². The SMILES string of the molecule is COc1ccc(S(=O)(=O)Nc2cccc3c2OCC3)cc1C. The highest BCUT2D eigenvalue weighted by Crippen LogP contribution is 2.35. The number of benzene rings is 2. The Morgan fingerprint density at radius 2 is 2.05 bits per heavy atom. The first-order valence-corrected chi connectivity index (χ1v) is 8.42. The van der Waals surface area contributed by atoms with Crippen LogP contribution in [-0.4, -0.2) is 22.1 Å². The van der Waals surface area contributed by atoms with Crippen LogP contribution in [0.3, 0.4) is 0 Å². The van der Waals surface area contributed by atoms with Crippen LogP contribution in [0.15, 0.2) is 41.3 Å². The second kappa shape index (κ2) is 5.53. The molecule has 0 fully saturated rings. The van der Waals surface area contributed by atoms with Gasteiger partial charge in [0.25, 0.3) is 10.0 Å². The molecule has 1 aliphatic heterocycles. The van der Waals surface area contributed by atoms with Crippen LogP contribution >= 0.6 is 0 Å². The zero-order chi connectivity index (χ0) is 15.7. The average Bonchev–Trinajstić information content (AvgIpc) is 2.96. The summed E-state index contributed by atoms with van der Waals surface area (Å²) in [7, 11) is -2.11. The molecule has 0 saturated heterocycles. The Morgan fingerprint density at radius 3 is 2.77 bits per heavy atom. The molecule has 1 aliphatic rings. The molecule has 0 spiro atoms. The van der Waals surface area contributed by atoms with Gasteiger partial charge in [-0.05, 0) is 42.3 Å². The molecule has 0 unspecified atom stereocenters. The van der Waals surface area contributed by atoms with E-state index >= 15 is 0 Å². The Balaban J connectivity index is 1.95. The highest BCUT2D eigenvalue weighted by atomic mass is 32.2. The van der Waals surface area contributed by atoms with Crippen LogP contribution in [0, 0.1) is 6.92 Å². The van der Waals surface area contributed by atoms with Gasteiger partial charge in [0.2, 0.25) is 0 Å². The second-order valence-electron chi connectivity index (χ2n) is 5.13. The Bertz CT molecular complexity index is 815. The van der Waals surface area contributed by atoms with Crippen LogP contribution in [-0.2, 0) is 16.4 Å². The van der Waals surface area contributed by atoms with Gasteiger partial charge in [-0.25, -0.2) is 8.42 Å². The van der Waals surface area contributed by atoms with Crippen molar-refractivity contribution in [3.63, 3.8) is 0 Å². The summed E-state index contributed by atoms with van der Waals surface area (Å²) >= 11 is 0. The van der Waals surface area contributed by atoms with Gasteiger partial charge in [0.05, 0.1) is 24.3 Å². The van der Waals surface area contributed by atoms with Gasteiger partial charge in [0, 0.05) is 6.42 Å². The molecule has 1 heterocycles. The van der Waals surface area contributed by atoms with Crippen molar-refractivity contribution in [2.45, 2.75) is 18.2 Å². The quantitative estimate of drug-likeness (QED) is 0.941. The smallest absolute Gasteiger partial charge is 0.262 e. The molecule has 2 aromatic carbocycles. The summed E-state index contributed by atoms with van der Waals surface area (Å²) in [6.45, 7) is 2.39. The molecule has 116 valence electrons. The highest BCUT2D eigenvalue weighted by molar-refractivity contribution is 7.92. The van der Waals surface area contributed by atoms with E-state index in [9.17, 15) is 8.42 Å². The lowest BCUT2D eigenvalue weighted by Crippen LogP contribution is -2.13. The molecule has 3 rings (SSSR count). The third kappa shape index (κ3) is 2.62. The molecule has 0 bridgehead atoms. The molecule has 2 aromatic rings. The first-order chi connectivity index (χ1) is 10.5. The lowest BCUT2D eigenvalue weighted by atomic mass is 10.1. The van der Waals surface area contributed by atoms with Crippen molar-refractivity contribution in [1.82, 2.24) is 0 Å². The van der Waals surface area contributed by atoms with Gasteiger partial charge < -0.3 is 9.47 Å². The maximum atomic E-state index is 12.5. The zero-order valence-electron chi connectivity index (χ0n) is 12.4. The van der Waals surface area contributed by atoms with Gasteiger partial charge in [0.1, 0.15) is 11.5 Å². The molecule has 0 aliphatic carbocycles. The molecule has 22 heavy (non-hydrogen) atoms. The summed E-state index contributed by atoms with van der Waals surface area (Å²) in [4.78, 5) is 0.196. The Morgan fingerprint density at radius 1 is 1.23 bits per heavy atom. The van der Waals surface area contributed by atoms with E-state index in [0.29, 0.717) is 23.8 Å². The molecule has 0 saturated carbocycles. The Kier molecular flexibility index (Phi) is 3.70. The molecule has 0 amide bonds. The maximum Gasteiger partial charge on any atom is 0.262 e. The number of fused-ring (bicyclic) bond motifs is 1. The molecular weight excluding hydrogens is 302 g/mol. The molecule has 0 atom stereocenters. The lowest BCUT2D eigenvalue weighted by molar-refractivity contribution is 0.358. The molecular formula is C16H17NO4S. The standard InChI is InChI=1S/C16H17NO4S/c1-11-10-13(6-7-15(11)20-2)22(18,19)17-14-5-3-4-12-8-9-21-16(12)14/h3-7,10,17H,8-9H2,1-2H3. The number of aryl methyl sites for hydroxylation is 1. The molecule has 1 N–H and O–H groups in total. The number of rotatable bonds is 4. The fourth-order valence-corrected chi connectivity index (χ4v) is 3.66. The van der Waals surface area contributed by atoms with Crippen LogP contribution in [0.2, 0.25) is 0 Å². The van der Waals surface area contributed by atoms with Gasteiger partial charge >= 0.3 is 0 Å². The van der Waals surface area contributed by atoms with Gasteiger partial charge in [-0.3, -0.25) is 4.72 Å². The van der Waals surface area contributed by atoms with Crippen LogP contribution in [0.5, 0.6) is 11.5 Å². The average molecular weight is 319 g/mol. The Hall–Kier alpha value is -2.21. The van der Waals surface area contributed by atoms with Gasteiger partial charge in [-0.15, -0.1) is 0 Å². The predicted octanol–water partition coefficient (Wildman–Crippen LogP) is 2.74. The fraction of sp³-hybridized carbons (Fsp3) is 0.250. The third-order valence-corrected chi connectivity index (χ3v) is 5.00. The number of hydrogen-bond acceptors (Lipinski definition) is 4. The second-order valence-corrected chi connectivity index (χ2v) is 6.81. The number of ether oxygens (including phenoxy) is 2. The molecule has 0 aromatic heterocycles. The molecule has 6 heteroatoms. The third-order valence-electron chi connectivity index (χ3n) is 3.64. The van der Waals surface area contributed by atoms with E-state index < -0.39 is 10.0 Å². The lowest BCUT2D eigenvalue weighted by Gasteiger charge is -2.12. The van der Waals surface area contributed by atoms with E-state index in [1.54, 1.807) is 32.2 Å². The Labute approximate surface area is 129 Å². The summed E-state index contributed by atoms with van der Waals surface area (Å²) in [5, 5.41) is 0. The normalized spacial score (nSPS) is 13.4. The van der Waals surface area contributed by atoms with E-state index in [1.165, 1.54) is 6.07 Å². The van der Waals surface area contributed by atoms with Gasteiger partial charge in [0.15, 0.2) is 0 Å². The van der Waals surface area contributed by atoms with Crippen molar-refractivity contribution < 1.29 is 17.9 Å². The minimum atomic E-state index is -3.67. The van der Waals surface area contributed by atoms with E-state index in [2.05, 4.69) is 4.72 Å².